The molecule has 1 nitrogen and oxygen atoms in total. The van der Waals surface area contributed by atoms with Gasteiger partial charge in [-0.2, -0.15) is 0 Å². The molecule has 1 atom stereocenters. The molecule has 0 saturated heterocycles. The van der Waals surface area contributed by atoms with E-state index in [0.29, 0.717) is 13.0 Å². The molecule has 0 aliphatic carbocycles. The average molecular weight is 374 g/mol. The predicted octanol–water partition coefficient (Wildman–Crippen LogP) is 6.02. The summed E-state index contributed by atoms with van der Waals surface area (Å²) in [6, 6.07) is 13.7. The molecule has 4 heteroatoms. The molecule has 106 valence electrons. The molecule has 2 aromatic carbocycles. The van der Waals surface area contributed by atoms with E-state index in [0.717, 1.165) is 26.4 Å². The van der Waals surface area contributed by atoms with Crippen LogP contribution in [0.15, 0.2) is 46.9 Å². The molecule has 0 spiro atoms. The fourth-order valence-corrected chi connectivity index (χ4v) is 2.97. The highest BCUT2D eigenvalue weighted by Gasteiger charge is 2.15. The second-order valence-electron chi connectivity index (χ2n) is 4.42. The number of benzene rings is 2. The molecule has 20 heavy (non-hydrogen) atoms. The van der Waals surface area contributed by atoms with Gasteiger partial charge in [-0.1, -0.05) is 39.7 Å². The van der Waals surface area contributed by atoms with Gasteiger partial charge in [0.2, 0.25) is 0 Å². The average Bonchev–Trinajstić information content (AvgIpc) is 2.41. The van der Waals surface area contributed by atoms with Crippen LogP contribution in [0.2, 0.25) is 5.02 Å². The van der Waals surface area contributed by atoms with Crippen LogP contribution in [0.1, 0.15) is 23.4 Å². The van der Waals surface area contributed by atoms with E-state index in [1.807, 2.05) is 49.4 Å². The van der Waals surface area contributed by atoms with Gasteiger partial charge in [0.15, 0.2) is 0 Å². The fraction of sp³-hybridized carbons (Fsp3) is 0.250. The van der Waals surface area contributed by atoms with Crippen molar-refractivity contribution < 1.29 is 4.74 Å². The minimum atomic E-state index is -0.160. The quantitative estimate of drug-likeness (QED) is 0.582. The lowest BCUT2D eigenvalue weighted by Crippen LogP contribution is -2.01. The van der Waals surface area contributed by atoms with Crippen LogP contribution in [-0.4, -0.2) is 6.61 Å². The van der Waals surface area contributed by atoms with Gasteiger partial charge in [0.1, 0.15) is 5.75 Å². The van der Waals surface area contributed by atoms with Gasteiger partial charge in [0.05, 0.1) is 12.0 Å². The summed E-state index contributed by atoms with van der Waals surface area (Å²) in [6.45, 7) is 2.58. The van der Waals surface area contributed by atoms with E-state index in [1.165, 1.54) is 0 Å². The number of hydrogen-bond donors (Lipinski definition) is 0. The van der Waals surface area contributed by atoms with Crippen molar-refractivity contribution in [2.24, 2.45) is 0 Å². The van der Waals surface area contributed by atoms with Crippen molar-refractivity contribution in [1.29, 1.82) is 0 Å². The van der Waals surface area contributed by atoms with Gasteiger partial charge in [-0.25, -0.2) is 0 Å². The summed E-state index contributed by atoms with van der Waals surface area (Å²) in [7, 11) is 0. The van der Waals surface area contributed by atoms with Crippen molar-refractivity contribution >= 4 is 39.1 Å². The molecule has 0 aromatic heterocycles. The second-order valence-corrected chi connectivity index (χ2v) is 6.30. The third-order valence-corrected chi connectivity index (χ3v) is 4.03. The smallest absolute Gasteiger partial charge is 0.124 e. The Kier molecular flexibility index (Phi) is 5.76. The first-order valence-corrected chi connectivity index (χ1v) is 8.01. The molecular weight excluding hydrogens is 359 g/mol. The third kappa shape index (κ3) is 4.15. The number of rotatable bonds is 5. The highest BCUT2D eigenvalue weighted by atomic mass is 79.9. The monoisotopic (exact) mass is 372 g/mol. The van der Waals surface area contributed by atoms with E-state index in [2.05, 4.69) is 15.9 Å². The van der Waals surface area contributed by atoms with Crippen LogP contribution in [-0.2, 0) is 6.42 Å². The Balaban J connectivity index is 2.23. The lowest BCUT2D eigenvalue weighted by atomic mass is 10.0. The Bertz CT molecular complexity index is 586. The van der Waals surface area contributed by atoms with Crippen LogP contribution in [0.25, 0.3) is 0 Å². The minimum Gasteiger partial charge on any atom is -0.494 e. The molecule has 0 saturated carbocycles. The van der Waals surface area contributed by atoms with Crippen molar-refractivity contribution in [1.82, 2.24) is 0 Å². The number of alkyl halides is 1. The van der Waals surface area contributed by atoms with Crippen molar-refractivity contribution in [3.8, 4) is 5.75 Å². The first-order valence-electron chi connectivity index (χ1n) is 6.41. The van der Waals surface area contributed by atoms with Crippen LogP contribution in [0.4, 0.5) is 0 Å². The molecule has 0 amide bonds. The van der Waals surface area contributed by atoms with Crippen molar-refractivity contribution in [3.05, 3.63) is 63.1 Å². The summed E-state index contributed by atoms with van der Waals surface area (Å²) in [5, 5.41) is 0.568. The number of halogens is 3. The predicted molar refractivity (Wildman–Crippen MR) is 89.1 cm³/mol. The number of hydrogen-bond acceptors (Lipinski definition) is 1. The standard InChI is InChI=1S/C16H15BrCl2O/c1-2-20-16-7-6-12(17)10-14(16)15(19)9-11-4-3-5-13(18)8-11/h3-8,10,15H,2,9H2,1H3. The van der Waals surface area contributed by atoms with E-state index < -0.39 is 0 Å². The first-order chi connectivity index (χ1) is 9.60. The van der Waals surface area contributed by atoms with E-state index in [9.17, 15) is 0 Å². The lowest BCUT2D eigenvalue weighted by Gasteiger charge is -2.15. The molecule has 0 bridgehead atoms. The second kappa shape index (κ2) is 7.35. The van der Waals surface area contributed by atoms with Gasteiger partial charge < -0.3 is 4.74 Å². The Morgan fingerprint density at radius 1 is 1.20 bits per heavy atom. The molecule has 0 fully saturated rings. The van der Waals surface area contributed by atoms with Crippen molar-refractivity contribution in [3.63, 3.8) is 0 Å². The van der Waals surface area contributed by atoms with Crippen LogP contribution < -0.4 is 4.74 Å². The van der Waals surface area contributed by atoms with Crippen LogP contribution in [0.3, 0.4) is 0 Å². The van der Waals surface area contributed by atoms with E-state index in [1.54, 1.807) is 0 Å². The molecule has 1 unspecified atom stereocenters. The van der Waals surface area contributed by atoms with Gasteiger partial charge in [-0.3, -0.25) is 0 Å². The molecule has 0 N–H and O–H groups in total. The Morgan fingerprint density at radius 3 is 2.70 bits per heavy atom. The molecule has 0 radical (unpaired) electrons. The molecule has 2 rings (SSSR count). The Morgan fingerprint density at radius 2 is 2.00 bits per heavy atom. The summed E-state index contributed by atoms with van der Waals surface area (Å²) >= 11 is 16.0. The zero-order chi connectivity index (χ0) is 14.5. The molecule has 2 aromatic rings. The summed E-state index contributed by atoms with van der Waals surface area (Å²) in [6.07, 6.45) is 0.707. The maximum atomic E-state index is 6.56. The van der Waals surface area contributed by atoms with Gasteiger partial charge in [-0.05, 0) is 49.2 Å². The third-order valence-electron chi connectivity index (χ3n) is 2.91. The van der Waals surface area contributed by atoms with Crippen LogP contribution in [0, 0.1) is 0 Å². The maximum absolute atomic E-state index is 6.56. The van der Waals surface area contributed by atoms with E-state index >= 15 is 0 Å². The van der Waals surface area contributed by atoms with Gasteiger partial charge >= 0.3 is 0 Å². The zero-order valence-electron chi connectivity index (χ0n) is 11.1. The van der Waals surface area contributed by atoms with Crippen LogP contribution >= 0.6 is 39.1 Å². The molecule has 0 heterocycles. The normalized spacial score (nSPS) is 12.2. The maximum Gasteiger partial charge on any atom is 0.124 e. The SMILES string of the molecule is CCOc1ccc(Br)cc1C(Cl)Cc1cccc(Cl)c1. The van der Waals surface area contributed by atoms with Gasteiger partial charge in [-0.15, -0.1) is 11.6 Å². The van der Waals surface area contributed by atoms with Crippen LogP contribution in [0.5, 0.6) is 5.75 Å². The molecular formula is C16H15BrCl2O. The number of ether oxygens (including phenoxy) is 1. The summed E-state index contributed by atoms with van der Waals surface area (Å²) in [4.78, 5) is 0. The summed E-state index contributed by atoms with van der Waals surface area (Å²) in [5.74, 6) is 0.831. The zero-order valence-corrected chi connectivity index (χ0v) is 14.2. The topological polar surface area (TPSA) is 9.23 Å². The van der Waals surface area contributed by atoms with Crippen molar-refractivity contribution in [2.45, 2.75) is 18.7 Å². The lowest BCUT2D eigenvalue weighted by molar-refractivity contribution is 0.336. The van der Waals surface area contributed by atoms with E-state index in [-0.39, 0.29) is 5.38 Å². The Hall–Kier alpha value is -0.700. The summed E-state index contributed by atoms with van der Waals surface area (Å²) < 4.78 is 6.64. The van der Waals surface area contributed by atoms with E-state index in [4.69, 9.17) is 27.9 Å². The first kappa shape index (κ1) is 15.7. The summed E-state index contributed by atoms with van der Waals surface area (Å²) in [5.41, 5.74) is 2.10. The van der Waals surface area contributed by atoms with Crippen molar-refractivity contribution in [2.75, 3.05) is 6.61 Å². The van der Waals surface area contributed by atoms with Gasteiger partial charge in [0.25, 0.3) is 0 Å². The highest BCUT2D eigenvalue weighted by Crippen LogP contribution is 2.34. The molecule has 0 aliphatic rings. The molecule has 0 aliphatic heterocycles. The Labute approximate surface area is 138 Å². The highest BCUT2D eigenvalue weighted by molar-refractivity contribution is 9.10. The fourth-order valence-electron chi connectivity index (χ4n) is 2.03. The largest absolute Gasteiger partial charge is 0.494 e. The van der Waals surface area contributed by atoms with Gasteiger partial charge in [0, 0.05) is 15.1 Å². The minimum absolute atomic E-state index is 0.160.